The van der Waals surface area contributed by atoms with E-state index in [9.17, 15) is 23.2 Å². The van der Waals surface area contributed by atoms with Gasteiger partial charge in [-0.25, -0.2) is 18.7 Å². The molecule has 0 fully saturated rings. The van der Waals surface area contributed by atoms with Gasteiger partial charge in [-0.05, 0) is 56.5 Å². The number of rotatable bonds is 8. The van der Waals surface area contributed by atoms with Crippen molar-refractivity contribution in [1.29, 1.82) is 0 Å². The molecule has 0 radical (unpaired) electrons. The molecular formula is C23H31N3O6S. The van der Waals surface area contributed by atoms with E-state index in [1.807, 2.05) is 0 Å². The predicted molar refractivity (Wildman–Crippen MR) is 124 cm³/mol. The van der Waals surface area contributed by atoms with Gasteiger partial charge in [0.15, 0.2) is 0 Å². The van der Waals surface area contributed by atoms with Gasteiger partial charge in [0.25, 0.3) is 5.91 Å². The van der Waals surface area contributed by atoms with E-state index in [2.05, 4.69) is 5.32 Å². The highest BCUT2D eigenvalue weighted by Crippen LogP contribution is 2.26. The lowest BCUT2D eigenvalue weighted by Crippen LogP contribution is -2.51. The van der Waals surface area contributed by atoms with Crippen LogP contribution in [0.15, 0.2) is 59.5 Å². The van der Waals surface area contributed by atoms with E-state index < -0.39 is 39.6 Å². The molecule has 0 heterocycles. The Morgan fingerprint density at radius 2 is 1.61 bits per heavy atom. The summed E-state index contributed by atoms with van der Waals surface area (Å²) in [6, 6.07) is 13.3. The first-order chi connectivity index (χ1) is 15.3. The fourth-order valence-electron chi connectivity index (χ4n) is 3.20. The molecule has 2 aromatic rings. The van der Waals surface area contributed by atoms with Crippen LogP contribution in [0.1, 0.15) is 40.2 Å². The Balaban J connectivity index is 2.39. The summed E-state index contributed by atoms with van der Waals surface area (Å²) < 4.78 is 33.4. The lowest BCUT2D eigenvalue weighted by atomic mass is 10.0. The van der Waals surface area contributed by atoms with Gasteiger partial charge in [-0.3, -0.25) is 15.3 Å². The molecule has 0 spiro atoms. The monoisotopic (exact) mass is 477 g/mol. The standard InChI is InChI=1S/C23H31N3O6S/c1-16(2)20(21(27)25-29)26(15-17-9-7-6-8-10-17)33(30,31)19-13-11-18(12-14-19)24-22(28)32-23(3,4)5/h6-14,16,20,29H,15H2,1-5H3,(H,24,28)(H,25,27)/t20-/m0/s1. The number of anilines is 1. The van der Waals surface area contributed by atoms with Crippen LogP contribution in [0.25, 0.3) is 0 Å². The fraction of sp³-hybridized carbons (Fsp3) is 0.391. The SMILES string of the molecule is CC(C)[C@@H](C(=O)NO)N(Cc1ccccc1)S(=O)(=O)c1ccc(NC(=O)OC(C)(C)C)cc1. The number of hydrogen-bond acceptors (Lipinski definition) is 6. The number of carbonyl (C=O) groups excluding carboxylic acids is 2. The third kappa shape index (κ3) is 7.28. The molecule has 0 aromatic heterocycles. The van der Waals surface area contributed by atoms with Crippen LogP contribution in [0.5, 0.6) is 0 Å². The lowest BCUT2D eigenvalue weighted by molar-refractivity contribution is -0.134. The molecule has 10 heteroatoms. The average Bonchev–Trinajstić information content (AvgIpc) is 2.72. The van der Waals surface area contributed by atoms with Crippen molar-refractivity contribution in [1.82, 2.24) is 9.79 Å². The van der Waals surface area contributed by atoms with Crippen LogP contribution in [-0.4, -0.2) is 41.6 Å². The van der Waals surface area contributed by atoms with Gasteiger partial charge in [0, 0.05) is 12.2 Å². The summed E-state index contributed by atoms with van der Waals surface area (Å²) in [6.45, 7) is 8.52. The van der Waals surface area contributed by atoms with Crippen LogP contribution in [0, 0.1) is 5.92 Å². The van der Waals surface area contributed by atoms with Crippen molar-refractivity contribution in [2.45, 2.75) is 57.7 Å². The molecule has 0 unspecified atom stereocenters. The summed E-state index contributed by atoms with van der Waals surface area (Å²) in [7, 11) is -4.16. The number of sulfonamides is 1. The highest BCUT2D eigenvalue weighted by atomic mass is 32.2. The molecule has 33 heavy (non-hydrogen) atoms. The van der Waals surface area contributed by atoms with Crippen molar-refractivity contribution in [3.05, 3.63) is 60.2 Å². The van der Waals surface area contributed by atoms with E-state index in [-0.39, 0.29) is 11.4 Å². The molecule has 0 bridgehead atoms. The second-order valence-electron chi connectivity index (χ2n) is 8.85. The minimum absolute atomic E-state index is 0.0652. The molecular weight excluding hydrogens is 446 g/mol. The number of hydrogen-bond donors (Lipinski definition) is 3. The van der Waals surface area contributed by atoms with Crippen molar-refractivity contribution in [3.63, 3.8) is 0 Å². The molecule has 2 aromatic carbocycles. The minimum Gasteiger partial charge on any atom is -0.444 e. The second kappa shape index (κ2) is 10.8. The van der Waals surface area contributed by atoms with Gasteiger partial charge in [0.1, 0.15) is 11.6 Å². The van der Waals surface area contributed by atoms with E-state index in [4.69, 9.17) is 4.74 Å². The van der Waals surface area contributed by atoms with Crippen molar-refractivity contribution >= 4 is 27.7 Å². The number of carbonyl (C=O) groups is 2. The molecule has 0 saturated carbocycles. The van der Waals surface area contributed by atoms with Crippen molar-refractivity contribution in [3.8, 4) is 0 Å². The zero-order valence-electron chi connectivity index (χ0n) is 19.4. The molecule has 0 aliphatic carbocycles. The van der Waals surface area contributed by atoms with Gasteiger partial charge in [0.2, 0.25) is 10.0 Å². The Hall–Kier alpha value is -2.95. The molecule has 2 rings (SSSR count). The van der Waals surface area contributed by atoms with Gasteiger partial charge in [-0.2, -0.15) is 4.31 Å². The maximum Gasteiger partial charge on any atom is 0.412 e. The first kappa shape index (κ1) is 26.3. The highest BCUT2D eigenvalue weighted by molar-refractivity contribution is 7.89. The van der Waals surface area contributed by atoms with Gasteiger partial charge >= 0.3 is 6.09 Å². The minimum atomic E-state index is -4.16. The Labute approximate surface area is 194 Å². The predicted octanol–water partition coefficient (Wildman–Crippen LogP) is 3.75. The lowest BCUT2D eigenvalue weighted by Gasteiger charge is -2.32. The third-order valence-corrected chi connectivity index (χ3v) is 6.45. The number of nitrogens with zero attached hydrogens (tertiary/aromatic N) is 1. The van der Waals surface area contributed by atoms with E-state index >= 15 is 0 Å². The average molecular weight is 478 g/mol. The van der Waals surface area contributed by atoms with Crippen LogP contribution in [-0.2, 0) is 26.1 Å². The van der Waals surface area contributed by atoms with Gasteiger partial charge in [-0.15, -0.1) is 0 Å². The summed E-state index contributed by atoms with van der Waals surface area (Å²) in [5.41, 5.74) is 1.94. The van der Waals surface area contributed by atoms with Gasteiger partial charge < -0.3 is 4.74 Å². The summed E-state index contributed by atoms with van der Waals surface area (Å²) in [6.07, 6.45) is -0.664. The zero-order valence-corrected chi connectivity index (χ0v) is 20.2. The normalized spacial score (nSPS) is 13.0. The van der Waals surface area contributed by atoms with Crippen molar-refractivity contribution < 1.29 is 28.0 Å². The maximum absolute atomic E-state index is 13.6. The zero-order chi connectivity index (χ0) is 24.8. The van der Waals surface area contributed by atoms with Crippen LogP contribution < -0.4 is 10.8 Å². The van der Waals surface area contributed by atoms with E-state index in [0.29, 0.717) is 11.3 Å². The summed E-state index contributed by atoms with van der Waals surface area (Å²) >= 11 is 0. The molecule has 1 atom stereocenters. The Kier molecular flexibility index (Phi) is 8.59. The quantitative estimate of drug-likeness (QED) is 0.393. The Morgan fingerprint density at radius 1 is 1.03 bits per heavy atom. The third-order valence-electron chi connectivity index (χ3n) is 4.61. The maximum atomic E-state index is 13.6. The smallest absolute Gasteiger partial charge is 0.412 e. The number of ether oxygens (including phenoxy) is 1. The summed E-state index contributed by atoms with van der Waals surface area (Å²) in [4.78, 5) is 24.3. The molecule has 3 N–H and O–H groups in total. The largest absolute Gasteiger partial charge is 0.444 e. The highest BCUT2D eigenvalue weighted by Gasteiger charge is 2.38. The van der Waals surface area contributed by atoms with E-state index in [1.165, 1.54) is 24.3 Å². The molecule has 2 amide bonds. The van der Waals surface area contributed by atoms with Crippen molar-refractivity contribution in [2.24, 2.45) is 5.92 Å². The summed E-state index contributed by atoms with van der Waals surface area (Å²) in [5.74, 6) is -1.25. The molecule has 0 aliphatic rings. The van der Waals surface area contributed by atoms with E-state index in [0.717, 1.165) is 4.31 Å². The van der Waals surface area contributed by atoms with Crippen LogP contribution in [0.3, 0.4) is 0 Å². The second-order valence-corrected chi connectivity index (χ2v) is 10.7. The number of amides is 2. The Bertz CT molecular complexity index is 1050. The van der Waals surface area contributed by atoms with Crippen LogP contribution in [0.2, 0.25) is 0 Å². The topological polar surface area (TPSA) is 125 Å². The first-order valence-corrected chi connectivity index (χ1v) is 11.9. The number of nitrogens with one attached hydrogen (secondary N) is 2. The number of benzene rings is 2. The van der Waals surface area contributed by atoms with Gasteiger partial charge in [-0.1, -0.05) is 44.2 Å². The fourth-order valence-corrected chi connectivity index (χ4v) is 4.90. The van der Waals surface area contributed by atoms with Crippen molar-refractivity contribution in [2.75, 3.05) is 5.32 Å². The van der Waals surface area contributed by atoms with Gasteiger partial charge in [0.05, 0.1) is 4.90 Å². The molecule has 0 aliphatic heterocycles. The van der Waals surface area contributed by atoms with E-state index in [1.54, 1.807) is 70.4 Å². The summed E-state index contributed by atoms with van der Waals surface area (Å²) in [5, 5.41) is 11.8. The number of hydroxylamine groups is 1. The molecule has 180 valence electrons. The van der Waals surface area contributed by atoms with Crippen LogP contribution in [0.4, 0.5) is 10.5 Å². The van der Waals surface area contributed by atoms with Crippen LogP contribution >= 0.6 is 0 Å². The Morgan fingerprint density at radius 3 is 2.09 bits per heavy atom. The molecule has 0 saturated heterocycles. The first-order valence-electron chi connectivity index (χ1n) is 10.4. The molecule has 9 nitrogen and oxygen atoms in total.